The number of amides is 1. The first-order valence-electron chi connectivity index (χ1n) is 8.56. The zero-order valence-electron chi connectivity index (χ0n) is 16.1. The zero-order valence-corrected chi connectivity index (χ0v) is 16.8. The number of hydrogen-bond acceptors (Lipinski definition) is 5. The number of carbonyl (C=O) groups excluding carboxylic acids is 1. The normalized spacial score (nSPS) is 13.3. The molecular formula is C19H26ClN3O3. The highest BCUT2D eigenvalue weighted by Crippen LogP contribution is 2.27. The smallest absolute Gasteiger partial charge is 0.408 e. The molecule has 7 heteroatoms. The molecule has 0 saturated carbocycles. The van der Waals surface area contributed by atoms with Crippen LogP contribution in [0.5, 0.6) is 0 Å². The maximum atomic E-state index is 12.0. The van der Waals surface area contributed by atoms with E-state index in [1.54, 1.807) is 12.1 Å². The van der Waals surface area contributed by atoms with E-state index in [0.29, 0.717) is 23.2 Å². The fraction of sp³-hybridized carbons (Fsp3) is 0.526. The van der Waals surface area contributed by atoms with Gasteiger partial charge in [0.2, 0.25) is 11.7 Å². The molecule has 0 aliphatic rings. The van der Waals surface area contributed by atoms with Gasteiger partial charge in [-0.25, -0.2) is 4.79 Å². The summed E-state index contributed by atoms with van der Waals surface area (Å²) in [6.45, 7) is 11.3. The molecule has 2 aromatic rings. The van der Waals surface area contributed by atoms with Crippen LogP contribution in [0.3, 0.4) is 0 Å². The van der Waals surface area contributed by atoms with Gasteiger partial charge in [-0.05, 0) is 53.2 Å². The first-order chi connectivity index (χ1) is 12.0. The fourth-order valence-electron chi connectivity index (χ4n) is 2.66. The van der Waals surface area contributed by atoms with Crippen molar-refractivity contribution in [2.45, 2.75) is 65.0 Å². The number of alkyl carbamates (subject to hydrolysis) is 1. The van der Waals surface area contributed by atoms with Crippen molar-refractivity contribution in [1.29, 1.82) is 0 Å². The number of ether oxygens (including phenoxy) is 1. The SMILES string of the molecule is CC(CC(C)(C)NC(=O)OC(C)(C)C)c1nc(-c2cccc(Cl)c2)no1. The van der Waals surface area contributed by atoms with Crippen molar-refractivity contribution in [3.63, 3.8) is 0 Å². The van der Waals surface area contributed by atoms with Crippen molar-refractivity contribution in [3.05, 3.63) is 35.2 Å². The van der Waals surface area contributed by atoms with E-state index in [9.17, 15) is 4.79 Å². The third-order valence-corrected chi connectivity index (χ3v) is 3.84. The number of nitrogens with zero attached hydrogens (tertiary/aromatic N) is 2. The molecule has 142 valence electrons. The molecule has 1 aromatic carbocycles. The lowest BCUT2D eigenvalue weighted by molar-refractivity contribution is 0.0463. The lowest BCUT2D eigenvalue weighted by Crippen LogP contribution is -2.46. The molecule has 0 aliphatic heterocycles. The van der Waals surface area contributed by atoms with Crippen molar-refractivity contribution in [2.75, 3.05) is 0 Å². The lowest BCUT2D eigenvalue weighted by Gasteiger charge is -2.30. The Hall–Kier alpha value is -2.08. The molecule has 0 spiro atoms. The molecule has 1 unspecified atom stereocenters. The standard InChI is InChI=1S/C19H26ClN3O3/c1-12(11-19(5,6)22-17(24)25-18(2,3)4)16-21-15(23-26-16)13-8-7-9-14(20)10-13/h7-10,12H,11H2,1-6H3,(H,22,24). The number of carbonyl (C=O) groups is 1. The Morgan fingerprint density at radius 3 is 2.62 bits per heavy atom. The second kappa shape index (κ2) is 7.66. The van der Waals surface area contributed by atoms with Crippen LogP contribution in [0, 0.1) is 0 Å². The summed E-state index contributed by atoms with van der Waals surface area (Å²) < 4.78 is 10.7. The summed E-state index contributed by atoms with van der Waals surface area (Å²) in [6, 6.07) is 7.29. The topological polar surface area (TPSA) is 77.2 Å². The third kappa shape index (κ3) is 6.02. The van der Waals surface area contributed by atoms with Crippen molar-refractivity contribution in [3.8, 4) is 11.4 Å². The van der Waals surface area contributed by atoms with Crippen LogP contribution in [-0.2, 0) is 4.74 Å². The van der Waals surface area contributed by atoms with E-state index in [1.165, 1.54) is 0 Å². The van der Waals surface area contributed by atoms with Gasteiger partial charge >= 0.3 is 6.09 Å². The minimum atomic E-state index is -0.538. The molecule has 0 fully saturated rings. The van der Waals surface area contributed by atoms with Crippen LogP contribution in [0.15, 0.2) is 28.8 Å². The number of benzene rings is 1. The number of halogens is 1. The van der Waals surface area contributed by atoms with Crippen LogP contribution in [0.25, 0.3) is 11.4 Å². The number of aromatic nitrogens is 2. The molecule has 26 heavy (non-hydrogen) atoms. The summed E-state index contributed by atoms with van der Waals surface area (Å²) in [5.41, 5.74) is -0.234. The van der Waals surface area contributed by atoms with Gasteiger partial charge < -0.3 is 14.6 Å². The largest absolute Gasteiger partial charge is 0.444 e. The Kier molecular flexibility index (Phi) is 5.96. The van der Waals surface area contributed by atoms with Crippen LogP contribution < -0.4 is 5.32 Å². The van der Waals surface area contributed by atoms with E-state index in [1.807, 2.05) is 53.7 Å². The summed E-state index contributed by atoms with van der Waals surface area (Å²) in [6.07, 6.45) is 0.170. The van der Waals surface area contributed by atoms with Crippen molar-refractivity contribution < 1.29 is 14.1 Å². The highest BCUT2D eigenvalue weighted by molar-refractivity contribution is 6.30. The number of rotatable bonds is 5. The Morgan fingerprint density at radius 2 is 2.00 bits per heavy atom. The maximum Gasteiger partial charge on any atom is 0.408 e. The Labute approximate surface area is 159 Å². The molecule has 0 saturated heterocycles. The Balaban J connectivity index is 2.03. The molecule has 1 atom stereocenters. The number of hydrogen-bond donors (Lipinski definition) is 1. The highest BCUT2D eigenvalue weighted by atomic mass is 35.5. The molecular weight excluding hydrogens is 354 g/mol. The highest BCUT2D eigenvalue weighted by Gasteiger charge is 2.29. The fourth-order valence-corrected chi connectivity index (χ4v) is 2.85. The molecule has 1 heterocycles. The van der Waals surface area contributed by atoms with Crippen molar-refractivity contribution >= 4 is 17.7 Å². The van der Waals surface area contributed by atoms with E-state index in [0.717, 1.165) is 5.56 Å². The first-order valence-corrected chi connectivity index (χ1v) is 8.94. The van der Waals surface area contributed by atoms with E-state index < -0.39 is 17.2 Å². The van der Waals surface area contributed by atoms with Crippen molar-refractivity contribution in [2.24, 2.45) is 0 Å². The average molecular weight is 380 g/mol. The Morgan fingerprint density at radius 1 is 1.31 bits per heavy atom. The lowest BCUT2D eigenvalue weighted by atomic mass is 9.91. The maximum absolute atomic E-state index is 12.0. The molecule has 0 radical (unpaired) electrons. The predicted molar refractivity (Wildman–Crippen MR) is 101 cm³/mol. The average Bonchev–Trinajstić information content (AvgIpc) is 2.93. The first kappa shape index (κ1) is 20.2. The van der Waals surface area contributed by atoms with Gasteiger partial charge in [0.25, 0.3) is 0 Å². The molecule has 1 amide bonds. The number of nitrogens with one attached hydrogen (secondary N) is 1. The summed E-state index contributed by atoms with van der Waals surface area (Å²) in [5.74, 6) is 0.965. The Bertz CT molecular complexity index is 765. The monoisotopic (exact) mass is 379 g/mol. The van der Waals surface area contributed by atoms with Crippen LogP contribution in [0.2, 0.25) is 5.02 Å². The summed E-state index contributed by atoms with van der Waals surface area (Å²) in [4.78, 5) is 16.5. The third-order valence-electron chi connectivity index (χ3n) is 3.60. The van der Waals surface area contributed by atoms with E-state index in [-0.39, 0.29) is 5.92 Å². The molecule has 0 aliphatic carbocycles. The second-order valence-electron chi connectivity index (χ2n) is 8.08. The van der Waals surface area contributed by atoms with Crippen LogP contribution in [-0.4, -0.2) is 27.4 Å². The van der Waals surface area contributed by atoms with Crippen LogP contribution in [0.1, 0.15) is 59.8 Å². The summed E-state index contributed by atoms with van der Waals surface area (Å²) in [7, 11) is 0. The van der Waals surface area contributed by atoms with Crippen molar-refractivity contribution in [1.82, 2.24) is 15.5 Å². The van der Waals surface area contributed by atoms with Gasteiger partial charge in [0.1, 0.15) is 5.60 Å². The predicted octanol–water partition coefficient (Wildman–Crippen LogP) is 5.19. The second-order valence-corrected chi connectivity index (χ2v) is 8.52. The van der Waals surface area contributed by atoms with E-state index in [4.69, 9.17) is 20.9 Å². The van der Waals surface area contributed by atoms with Crippen LogP contribution in [0.4, 0.5) is 4.79 Å². The van der Waals surface area contributed by atoms with Crippen LogP contribution >= 0.6 is 11.6 Å². The van der Waals surface area contributed by atoms with Gasteiger partial charge in [0, 0.05) is 22.0 Å². The van der Waals surface area contributed by atoms with E-state index in [2.05, 4.69) is 15.5 Å². The zero-order chi connectivity index (χ0) is 19.5. The van der Waals surface area contributed by atoms with Gasteiger partial charge in [0.05, 0.1) is 0 Å². The minimum absolute atomic E-state index is 0.0413. The quantitative estimate of drug-likeness (QED) is 0.773. The van der Waals surface area contributed by atoms with Gasteiger partial charge in [-0.15, -0.1) is 0 Å². The van der Waals surface area contributed by atoms with Gasteiger partial charge in [-0.2, -0.15) is 4.98 Å². The van der Waals surface area contributed by atoms with Gasteiger partial charge in [0.15, 0.2) is 0 Å². The molecule has 0 bridgehead atoms. The summed E-state index contributed by atoms with van der Waals surface area (Å²) >= 11 is 6.01. The molecule has 2 rings (SSSR count). The summed E-state index contributed by atoms with van der Waals surface area (Å²) in [5, 5.41) is 7.54. The van der Waals surface area contributed by atoms with Gasteiger partial charge in [-0.3, -0.25) is 0 Å². The molecule has 1 N–H and O–H groups in total. The van der Waals surface area contributed by atoms with Gasteiger partial charge in [-0.1, -0.05) is 35.8 Å². The molecule has 6 nitrogen and oxygen atoms in total. The van der Waals surface area contributed by atoms with E-state index >= 15 is 0 Å². The minimum Gasteiger partial charge on any atom is -0.444 e. The molecule has 1 aromatic heterocycles.